The number of esters is 1. The minimum atomic E-state index is -0.955. The van der Waals surface area contributed by atoms with Gasteiger partial charge < -0.3 is 15.4 Å². The van der Waals surface area contributed by atoms with Crippen LogP contribution in [-0.4, -0.2) is 29.6 Å². The van der Waals surface area contributed by atoms with Gasteiger partial charge in [-0.3, -0.25) is 9.59 Å². The van der Waals surface area contributed by atoms with Crippen molar-refractivity contribution in [1.82, 2.24) is 0 Å². The smallest absolute Gasteiger partial charge is 0.338 e. The van der Waals surface area contributed by atoms with Gasteiger partial charge in [0.15, 0.2) is 6.10 Å². The summed E-state index contributed by atoms with van der Waals surface area (Å²) in [6, 6.07) is 12.3. The number of aryl methyl sites for hydroxylation is 1. The highest BCUT2D eigenvalue weighted by atomic mass is 32.2. The van der Waals surface area contributed by atoms with Crippen LogP contribution < -0.4 is 10.6 Å². The van der Waals surface area contributed by atoms with Crippen LogP contribution in [0.5, 0.6) is 0 Å². The normalized spacial score (nSPS) is 14.0. The number of benzene rings is 2. The zero-order chi connectivity index (χ0) is 18.7. The molecule has 0 radical (unpaired) electrons. The number of hydrogen-bond acceptors (Lipinski definition) is 5. The highest BCUT2D eigenvalue weighted by Gasteiger charge is 2.21. The van der Waals surface area contributed by atoms with Crippen molar-refractivity contribution in [2.75, 3.05) is 16.4 Å². The molecule has 6 nitrogen and oxygen atoms in total. The number of ether oxygens (including phenoxy) is 1. The van der Waals surface area contributed by atoms with E-state index >= 15 is 0 Å². The molecule has 2 N–H and O–H groups in total. The van der Waals surface area contributed by atoms with E-state index in [-0.39, 0.29) is 11.5 Å². The number of nitrogens with one attached hydrogen (secondary N) is 2. The highest BCUT2D eigenvalue weighted by Crippen LogP contribution is 2.32. The first kappa shape index (κ1) is 18.0. The molecule has 0 saturated heterocycles. The Hall–Kier alpha value is -2.80. The summed E-state index contributed by atoms with van der Waals surface area (Å²) in [6.45, 7) is 3.47. The summed E-state index contributed by atoms with van der Waals surface area (Å²) in [4.78, 5) is 36.9. The lowest BCUT2D eigenvalue weighted by Gasteiger charge is -2.17. The fraction of sp³-hybridized carbons (Fsp3) is 0.211. The summed E-state index contributed by atoms with van der Waals surface area (Å²) >= 11 is 1.41. The highest BCUT2D eigenvalue weighted by molar-refractivity contribution is 8.00. The largest absolute Gasteiger partial charge is 0.449 e. The number of hydrogen-bond donors (Lipinski definition) is 2. The van der Waals surface area contributed by atoms with Gasteiger partial charge in [0.1, 0.15) is 0 Å². The Morgan fingerprint density at radius 1 is 1.19 bits per heavy atom. The van der Waals surface area contributed by atoms with Crippen molar-refractivity contribution in [2.24, 2.45) is 0 Å². The predicted molar refractivity (Wildman–Crippen MR) is 100 cm³/mol. The summed E-state index contributed by atoms with van der Waals surface area (Å²) in [5.41, 5.74) is 2.58. The van der Waals surface area contributed by atoms with Gasteiger partial charge in [-0.2, -0.15) is 0 Å². The Balaban J connectivity index is 1.63. The van der Waals surface area contributed by atoms with E-state index in [1.54, 1.807) is 30.3 Å². The van der Waals surface area contributed by atoms with Gasteiger partial charge in [-0.25, -0.2) is 4.79 Å². The number of anilines is 2. The second-order valence-corrected chi connectivity index (χ2v) is 6.97. The van der Waals surface area contributed by atoms with Crippen molar-refractivity contribution in [1.29, 1.82) is 0 Å². The minimum Gasteiger partial charge on any atom is -0.449 e. The van der Waals surface area contributed by atoms with Crippen molar-refractivity contribution in [3.8, 4) is 0 Å². The van der Waals surface area contributed by atoms with Gasteiger partial charge in [-0.15, -0.1) is 11.8 Å². The molecule has 1 aliphatic rings. The van der Waals surface area contributed by atoms with Gasteiger partial charge >= 0.3 is 5.97 Å². The second kappa shape index (κ2) is 7.61. The lowest BCUT2D eigenvalue weighted by atomic mass is 10.2. The van der Waals surface area contributed by atoms with Gasteiger partial charge in [0.25, 0.3) is 5.91 Å². The van der Waals surface area contributed by atoms with Crippen LogP contribution in [-0.2, 0) is 14.3 Å². The summed E-state index contributed by atoms with van der Waals surface area (Å²) in [6.07, 6.45) is -0.955. The van der Waals surface area contributed by atoms with E-state index < -0.39 is 18.0 Å². The molecule has 0 fully saturated rings. The SMILES string of the molecule is Cc1ccc(NC(=O)[C@@H](C)OC(=O)c2ccc3c(c2)NC(=O)CS3)cc1. The van der Waals surface area contributed by atoms with E-state index in [1.165, 1.54) is 18.7 Å². The first-order valence-corrected chi connectivity index (χ1v) is 9.06. The number of carbonyl (C=O) groups is 3. The molecular weight excluding hydrogens is 352 g/mol. The van der Waals surface area contributed by atoms with Crippen LogP contribution in [0.2, 0.25) is 0 Å². The lowest BCUT2D eigenvalue weighted by Crippen LogP contribution is -2.30. The fourth-order valence-electron chi connectivity index (χ4n) is 2.37. The Kier molecular flexibility index (Phi) is 5.27. The fourth-order valence-corrected chi connectivity index (χ4v) is 3.16. The van der Waals surface area contributed by atoms with Gasteiger partial charge in [0.2, 0.25) is 5.91 Å². The van der Waals surface area contributed by atoms with Gasteiger partial charge in [-0.05, 0) is 44.2 Å². The average Bonchev–Trinajstić information content (AvgIpc) is 2.62. The Morgan fingerprint density at radius 3 is 2.65 bits per heavy atom. The third-order valence-electron chi connectivity index (χ3n) is 3.82. The zero-order valence-electron chi connectivity index (χ0n) is 14.4. The number of amides is 2. The zero-order valence-corrected chi connectivity index (χ0v) is 15.2. The summed E-state index contributed by atoms with van der Waals surface area (Å²) < 4.78 is 5.24. The van der Waals surface area contributed by atoms with Crippen molar-refractivity contribution < 1.29 is 19.1 Å². The molecule has 0 saturated carbocycles. The van der Waals surface area contributed by atoms with Crippen molar-refractivity contribution in [3.63, 3.8) is 0 Å². The van der Waals surface area contributed by atoms with E-state index in [9.17, 15) is 14.4 Å². The van der Waals surface area contributed by atoms with Crippen LogP contribution in [0.15, 0.2) is 47.4 Å². The van der Waals surface area contributed by atoms with Crippen LogP contribution in [0, 0.1) is 6.92 Å². The molecule has 134 valence electrons. The average molecular weight is 370 g/mol. The van der Waals surface area contributed by atoms with E-state index in [0.717, 1.165) is 10.5 Å². The van der Waals surface area contributed by atoms with E-state index in [2.05, 4.69) is 10.6 Å². The van der Waals surface area contributed by atoms with Crippen molar-refractivity contribution in [2.45, 2.75) is 24.8 Å². The molecule has 2 amide bonds. The predicted octanol–water partition coefficient (Wildman–Crippen LogP) is 3.22. The molecule has 0 bridgehead atoms. The summed E-state index contributed by atoms with van der Waals surface area (Å²) in [7, 11) is 0. The van der Waals surface area contributed by atoms with Gasteiger partial charge in [0, 0.05) is 10.6 Å². The third kappa shape index (κ3) is 4.23. The Bertz CT molecular complexity index is 864. The molecule has 0 aliphatic carbocycles. The monoisotopic (exact) mass is 370 g/mol. The molecule has 3 rings (SSSR count). The number of carbonyl (C=O) groups excluding carboxylic acids is 3. The van der Waals surface area contributed by atoms with E-state index in [1.807, 2.05) is 19.1 Å². The Morgan fingerprint density at radius 2 is 1.92 bits per heavy atom. The topological polar surface area (TPSA) is 84.5 Å². The Labute approximate surface area is 155 Å². The minimum absolute atomic E-state index is 0.112. The van der Waals surface area contributed by atoms with Crippen LogP contribution in [0.1, 0.15) is 22.8 Å². The van der Waals surface area contributed by atoms with E-state index in [4.69, 9.17) is 4.74 Å². The molecule has 0 unspecified atom stereocenters. The summed E-state index contributed by atoms with van der Waals surface area (Å²) in [5.74, 6) is -0.792. The molecular formula is C19H18N2O4S. The number of fused-ring (bicyclic) bond motifs is 1. The molecule has 2 aromatic rings. The first-order valence-electron chi connectivity index (χ1n) is 8.07. The first-order chi connectivity index (χ1) is 12.4. The summed E-state index contributed by atoms with van der Waals surface area (Å²) in [5, 5.41) is 5.43. The molecule has 2 aromatic carbocycles. The number of thioether (sulfide) groups is 1. The van der Waals surface area contributed by atoms with Crippen molar-refractivity contribution >= 4 is 40.9 Å². The third-order valence-corrected chi connectivity index (χ3v) is 4.89. The van der Waals surface area contributed by atoms with Gasteiger partial charge in [-0.1, -0.05) is 17.7 Å². The molecule has 1 aliphatic heterocycles. The molecule has 7 heteroatoms. The molecule has 26 heavy (non-hydrogen) atoms. The standard InChI is InChI=1S/C19H18N2O4S/c1-11-3-6-14(7-4-11)20-18(23)12(2)25-19(24)13-5-8-16-15(9-13)21-17(22)10-26-16/h3-9,12H,10H2,1-2H3,(H,20,23)(H,21,22)/t12-/m1/s1. The van der Waals surface area contributed by atoms with Crippen LogP contribution >= 0.6 is 11.8 Å². The van der Waals surface area contributed by atoms with Crippen LogP contribution in [0.3, 0.4) is 0 Å². The number of rotatable bonds is 4. The molecule has 1 atom stereocenters. The van der Waals surface area contributed by atoms with Gasteiger partial charge in [0.05, 0.1) is 17.0 Å². The van der Waals surface area contributed by atoms with E-state index in [0.29, 0.717) is 17.1 Å². The molecule has 0 spiro atoms. The molecule has 0 aromatic heterocycles. The molecule has 1 heterocycles. The lowest BCUT2D eigenvalue weighted by molar-refractivity contribution is -0.123. The quantitative estimate of drug-likeness (QED) is 0.807. The maximum Gasteiger partial charge on any atom is 0.338 e. The second-order valence-electron chi connectivity index (χ2n) is 5.95. The maximum atomic E-state index is 12.3. The van der Waals surface area contributed by atoms with Crippen LogP contribution in [0.4, 0.5) is 11.4 Å². The maximum absolute atomic E-state index is 12.3. The van der Waals surface area contributed by atoms with Crippen molar-refractivity contribution in [3.05, 3.63) is 53.6 Å². The van der Waals surface area contributed by atoms with Crippen LogP contribution in [0.25, 0.3) is 0 Å².